The van der Waals surface area contributed by atoms with Gasteiger partial charge >= 0.3 is 0 Å². The van der Waals surface area contributed by atoms with Gasteiger partial charge in [0.2, 0.25) is 0 Å². The molecule has 0 aliphatic carbocycles. The molecule has 2 aliphatic rings. The van der Waals surface area contributed by atoms with Crippen molar-refractivity contribution in [1.82, 2.24) is 0 Å². The summed E-state index contributed by atoms with van der Waals surface area (Å²) in [5.74, 6) is 2.13. The third-order valence-corrected chi connectivity index (χ3v) is 4.03. The van der Waals surface area contributed by atoms with Crippen LogP contribution in [0.4, 0.5) is 0 Å². The first-order valence-corrected chi connectivity index (χ1v) is 6.97. The second kappa shape index (κ2) is 4.26. The molecule has 0 spiro atoms. The van der Waals surface area contributed by atoms with E-state index in [4.69, 9.17) is 9.47 Å². The van der Waals surface area contributed by atoms with Gasteiger partial charge in [0.1, 0.15) is 29.5 Å². The Morgan fingerprint density at radius 3 is 2.32 bits per heavy atom. The van der Waals surface area contributed by atoms with Gasteiger partial charge in [-0.2, -0.15) is 0 Å². The minimum Gasteiger partial charge on any atom is -0.490 e. The fraction of sp³-hybridized carbons (Fsp3) is 0.562. The maximum Gasteiger partial charge on any atom is 0.134 e. The van der Waals surface area contributed by atoms with Crippen molar-refractivity contribution in [3.63, 3.8) is 0 Å². The van der Waals surface area contributed by atoms with Gasteiger partial charge in [-0.3, -0.25) is 4.79 Å². The summed E-state index contributed by atoms with van der Waals surface area (Å²) in [6, 6.07) is 0. The molecule has 1 aromatic carbocycles. The molecule has 0 amide bonds. The van der Waals surface area contributed by atoms with E-state index in [1.807, 2.05) is 0 Å². The SMILES string of the molecule is CC(=O)Cc1c2c(c(C)c3c1OC(C)C3)OC(C)C2. The maximum absolute atomic E-state index is 11.6. The van der Waals surface area contributed by atoms with Gasteiger partial charge in [-0.15, -0.1) is 0 Å². The van der Waals surface area contributed by atoms with Crippen LogP contribution < -0.4 is 9.47 Å². The highest BCUT2D eigenvalue weighted by atomic mass is 16.5. The van der Waals surface area contributed by atoms with Crippen LogP contribution in [0.15, 0.2) is 0 Å². The molecule has 0 aromatic heterocycles. The van der Waals surface area contributed by atoms with Crippen LogP contribution >= 0.6 is 0 Å². The number of carbonyl (C=O) groups excluding carboxylic acids is 1. The van der Waals surface area contributed by atoms with E-state index in [-0.39, 0.29) is 18.0 Å². The lowest BCUT2D eigenvalue weighted by Gasteiger charge is -2.15. The first-order valence-electron chi connectivity index (χ1n) is 6.97. The number of Topliss-reactive ketones (excluding diaryl/α,β-unsaturated/α-hetero) is 1. The Balaban J connectivity index is 2.20. The normalized spacial score (nSPS) is 23.6. The van der Waals surface area contributed by atoms with Crippen LogP contribution in [0.1, 0.15) is 43.0 Å². The molecule has 2 aliphatic heterocycles. The molecule has 0 fully saturated rings. The number of rotatable bonds is 2. The van der Waals surface area contributed by atoms with Crippen LogP contribution in [0.5, 0.6) is 11.5 Å². The summed E-state index contributed by atoms with van der Waals surface area (Å²) in [7, 11) is 0. The first kappa shape index (κ1) is 12.5. The first-order chi connectivity index (χ1) is 8.97. The van der Waals surface area contributed by atoms with Crippen LogP contribution in [0.3, 0.4) is 0 Å². The van der Waals surface area contributed by atoms with E-state index in [0.29, 0.717) is 6.42 Å². The fourth-order valence-corrected chi connectivity index (χ4v) is 3.25. The van der Waals surface area contributed by atoms with E-state index in [2.05, 4.69) is 20.8 Å². The summed E-state index contributed by atoms with van der Waals surface area (Å²) in [6.45, 7) is 7.89. The molecule has 0 N–H and O–H groups in total. The van der Waals surface area contributed by atoms with Crippen LogP contribution in [0, 0.1) is 6.92 Å². The van der Waals surface area contributed by atoms with Crippen molar-refractivity contribution in [2.75, 3.05) is 0 Å². The summed E-state index contributed by atoms with van der Waals surface area (Å²) in [5, 5.41) is 0. The van der Waals surface area contributed by atoms with E-state index in [1.54, 1.807) is 6.92 Å². The summed E-state index contributed by atoms with van der Waals surface area (Å²) in [6.07, 6.45) is 2.63. The number of hydrogen-bond donors (Lipinski definition) is 0. The predicted octanol–water partition coefficient (Wildman–Crippen LogP) is 2.77. The molecule has 2 atom stereocenters. The Hall–Kier alpha value is -1.51. The Labute approximate surface area is 113 Å². The summed E-state index contributed by atoms with van der Waals surface area (Å²) < 4.78 is 11.9. The zero-order valence-electron chi connectivity index (χ0n) is 12.0. The molecule has 3 heteroatoms. The molecule has 0 radical (unpaired) electrons. The number of benzene rings is 1. The van der Waals surface area contributed by atoms with Gasteiger partial charge in [0.05, 0.1) is 0 Å². The molecule has 3 rings (SSSR count). The lowest BCUT2D eigenvalue weighted by Crippen LogP contribution is -2.09. The smallest absolute Gasteiger partial charge is 0.134 e. The Morgan fingerprint density at radius 2 is 1.68 bits per heavy atom. The Bertz CT molecular complexity index is 521. The summed E-state index contributed by atoms with van der Waals surface area (Å²) >= 11 is 0. The van der Waals surface area contributed by atoms with E-state index < -0.39 is 0 Å². The van der Waals surface area contributed by atoms with E-state index in [1.165, 1.54) is 16.7 Å². The van der Waals surface area contributed by atoms with Crippen molar-refractivity contribution < 1.29 is 14.3 Å². The third-order valence-electron chi connectivity index (χ3n) is 4.03. The minimum atomic E-state index is 0.177. The Morgan fingerprint density at radius 1 is 1.11 bits per heavy atom. The van der Waals surface area contributed by atoms with Crippen LogP contribution in [0.2, 0.25) is 0 Å². The van der Waals surface area contributed by atoms with E-state index in [0.717, 1.165) is 29.9 Å². The van der Waals surface area contributed by atoms with Gasteiger partial charge in [0.15, 0.2) is 0 Å². The summed E-state index contributed by atoms with van der Waals surface area (Å²) in [5.41, 5.74) is 4.69. The largest absolute Gasteiger partial charge is 0.490 e. The third kappa shape index (κ3) is 1.92. The van der Waals surface area contributed by atoms with E-state index in [9.17, 15) is 4.79 Å². The zero-order chi connectivity index (χ0) is 13.7. The molecule has 0 bridgehead atoms. The van der Waals surface area contributed by atoms with Gasteiger partial charge < -0.3 is 9.47 Å². The molecule has 2 heterocycles. The van der Waals surface area contributed by atoms with Gasteiger partial charge in [0.25, 0.3) is 0 Å². The van der Waals surface area contributed by atoms with Crippen molar-refractivity contribution in [3.8, 4) is 11.5 Å². The minimum absolute atomic E-state index is 0.177. The summed E-state index contributed by atoms with van der Waals surface area (Å²) in [4.78, 5) is 11.6. The average Bonchev–Trinajstić information content (AvgIpc) is 2.87. The highest BCUT2D eigenvalue weighted by molar-refractivity contribution is 5.81. The molecule has 102 valence electrons. The molecule has 2 unspecified atom stereocenters. The molecular weight excluding hydrogens is 240 g/mol. The topological polar surface area (TPSA) is 35.5 Å². The highest BCUT2D eigenvalue weighted by Gasteiger charge is 2.34. The average molecular weight is 260 g/mol. The van der Waals surface area contributed by atoms with Crippen molar-refractivity contribution in [3.05, 3.63) is 22.3 Å². The van der Waals surface area contributed by atoms with Crippen molar-refractivity contribution in [1.29, 1.82) is 0 Å². The van der Waals surface area contributed by atoms with Gasteiger partial charge in [0, 0.05) is 36.0 Å². The molecule has 0 saturated heterocycles. The van der Waals surface area contributed by atoms with Crippen LogP contribution in [-0.2, 0) is 24.1 Å². The monoisotopic (exact) mass is 260 g/mol. The number of ether oxygens (including phenoxy) is 2. The van der Waals surface area contributed by atoms with Crippen LogP contribution in [-0.4, -0.2) is 18.0 Å². The van der Waals surface area contributed by atoms with Gasteiger partial charge in [-0.25, -0.2) is 0 Å². The maximum atomic E-state index is 11.6. The fourth-order valence-electron chi connectivity index (χ4n) is 3.25. The van der Waals surface area contributed by atoms with Crippen molar-refractivity contribution in [2.45, 2.75) is 59.2 Å². The number of ketones is 1. The highest BCUT2D eigenvalue weighted by Crippen LogP contribution is 2.46. The predicted molar refractivity (Wildman–Crippen MR) is 73.2 cm³/mol. The standard InChI is InChI=1S/C16H20O3/c1-8(17)5-13-14-7-10(3)18-15(14)11(4)12-6-9(2)19-16(12)13/h9-10H,5-7H2,1-4H3. The van der Waals surface area contributed by atoms with Crippen LogP contribution in [0.25, 0.3) is 0 Å². The molecule has 3 nitrogen and oxygen atoms in total. The quantitative estimate of drug-likeness (QED) is 0.820. The number of fused-ring (bicyclic) bond motifs is 2. The lowest BCUT2D eigenvalue weighted by atomic mass is 9.91. The molecule has 19 heavy (non-hydrogen) atoms. The number of carbonyl (C=O) groups is 1. The molecule has 1 aromatic rings. The molecule has 0 saturated carbocycles. The van der Waals surface area contributed by atoms with Gasteiger partial charge in [-0.05, 0) is 33.3 Å². The zero-order valence-corrected chi connectivity index (χ0v) is 12.0. The second-order valence-electron chi connectivity index (χ2n) is 5.86. The van der Waals surface area contributed by atoms with E-state index >= 15 is 0 Å². The molecular formula is C16H20O3. The Kier molecular flexibility index (Phi) is 2.80. The second-order valence-corrected chi connectivity index (χ2v) is 5.86. The van der Waals surface area contributed by atoms with Crippen molar-refractivity contribution in [2.24, 2.45) is 0 Å². The van der Waals surface area contributed by atoms with Crippen molar-refractivity contribution >= 4 is 5.78 Å². The van der Waals surface area contributed by atoms with Gasteiger partial charge in [-0.1, -0.05) is 0 Å². The lowest BCUT2D eigenvalue weighted by molar-refractivity contribution is -0.116. The number of hydrogen-bond acceptors (Lipinski definition) is 3.